The summed E-state index contributed by atoms with van der Waals surface area (Å²) in [6.45, 7) is 0.0530. The van der Waals surface area contributed by atoms with Crippen LogP contribution in [-0.2, 0) is 20.7 Å². The zero-order valence-electron chi connectivity index (χ0n) is 18.2. The SMILES string of the molecule is O=C(OCCc1ccccc1)O[C@@H]1/C=C/CC[C@](O)(C(=O)Oc2c(F)c(F)c(F)c(F)c2F)CC1. The molecule has 35 heavy (non-hydrogen) atoms. The van der Waals surface area contributed by atoms with Crippen molar-refractivity contribution in [1.82, 2.24) is 0 Å². The average molecular weight is 500 g/mol. The number of rotatable bonds is 6. The van der Waals surface area contributed by atoms with Gasteiger partial charge in [-0.25, -0.2) is 22.8 Å². The third-order valence-corrected chi connectivity index (χ3v) is 5.36. The highest BCUT2D eigenvalue weighted by molar-refractivity contribution is 5.81. The molecule has 11 heteroatoms. The van der Waals surface area contributed by atoms with Crippen LogP contribution in [0.25, 0.3) is 0 Å². The van der Waals surface area contributed by atoms with Gasteiger partial charge in [-0.05, 0) is 37.3 Å². The van der Waals surface area contributed by atoms with Gasteiger partial charge in [0.1, 0.15) is 6.10 Å². The minimum Gasteiger partial charge on any atom is -0.434 e. The highest BCUT2D eigenvalue weighted by Gasteiger charge is 2.40. The molecule has 2 aromatic carbocycles. The van der Waals surface area contributed by atoms with Crippen LogP contribution in [0.4, 0.5) is 26.7 Å². The van der Waals surface area contributed by atoms with E-state index >= 15 is 0 Å². The van der Waals surface area contributed by atoms with Crippen molar-refractivity contribution in [3.8, 4) is 5.75 Å². The van der Waals surface area contributed by atoms with Gasteiger partial charge < -0.3 is 19.3 Å². The van der Waals surface area contributed by atoms with Gasteiger partial charge in [-0.15, -0.1) is 0 Å². The molecule has 0 saturated carbocycles. The second-order valence-electron chi connectivity index (χ2n) is 7.82. The van der Waals surface area contributed by atoms with Crippen LogP contribution < -0.4 is 4.74 Å². The maximum atomic E-state index is 13.9. The lowest BCUT2D eigenvalue weighted by molar-refractivity contribution is -0.158. The maximum absolute atomic E-state index is 13.9. The maximum Gasteiger partial charge on any atom is 0.508 e. The highest BCUT2D eigenvalue weighted by atomic mass is 19.2. The molecule has 0 bridgehead atoms. The Morgan fingerprint density at radius 3 is 2.23 bits per heavy atom. The number of carbonyl (C=O) groups excluding carboxylic acids is 2. The third kappa shape index (κ3) is 6.36. The molecule has 3 rings (SSSR count). The molecular formula is C24H21F5O6. The fourth-order valence-electron chi connectivity index (χ4n) is 3.39. The Balaban J connectivity index is 1.60. The highest BCUT2D eigenvalue weighted by Crippen LogP contribution is 2.32. The zero-order chi connectivity index (χ0) is 25.6. The van der Waals surface area contributed by atoms with Crippen molar-refractivity contribution in [3.05, 3.63) is 77.1 Å². The fourth-order valence-corrected chi connectivity index (χ4v) is 3.39. The number of ether oxygens (including phenoxy) is 3. The quantitative estimate of drug-likeness (QED) is 0.152. The second kappa shape index (κ2) is 11.3. The van der Waals surface area contributed by atoms with Crippen molar-refractivity contribution in [2.45, 2.75) is 43.8 Å². The first-order valence-electron chi connectivity index (χ1n) is 10.6. The molecule has 0 unspecified atom stereocenters. The van der Waals surface area contributed by atoms with Gasteiger partial charge in [0.15, 0.2) is 5.60 Å². The number of halogens is 5. The van der Waals surface area contributed by atoms with Gasteiger partial charge in [0, 0.05) is 6.42 Å². The molecule has 188 valence electrons. The number of hydrogen-bond donors (Lipinski definition) is 1. The van der Waals surface area contributed by atoms with Crippen LogP contribution in [-0.4, -0.2) is 35.5 Å². The molecule has 2 atom stereocenters. The van der Waals surface area contributed by atoms with Gasteiger partial charge in [0.05, 0.1) is 6.61 Å². The summed E-state index contributed by atoms with van der Waals surface area (Å²) in [5.41, 5.74) is -1.40. The van der Waals surface area contributed by atoms with E-state index in [1.807, 2.05) is 30.3 Å². The molecule has 0 spiro atoms. The summed E-state index contributed by atoms with van der Waals surface area (Å²) in [6, 6.07) is 9.24. The van der Waals surface area contributed by atoms with Gasteiger partial charge in [0.25, 0.3) is 0 Å². The summed E-state index contributed by atoms with van der Waals surface area (Å²) < 4.78 is 82.3. The number of carbonyl (C=O) groups is 2. The van der Waals surface area contributed by atoms with E-state index in [0.717, 1.165) is 5.56 Å². The van der Waals surface area contributed by atoms with Crippen molar-refractivity contribution in [3.63, 3.8) is 0 Å². The molecular weight excluding hydrogens is 479 g/mol. The van der Waals surface area contributed by atoms with E-state index in [2.05, 4.69) is 4.74 Å². The molecule has 1 aliphatic rings. The summed E-state index contributed by atoms with van der Waals surface area (Å²) >= 11 is 0. The average Bonchev–Trinajstić information content (AvgIpc) is 2.84. The van der Waals surface area contributed by atoms with E-state index in [0.29, 0.717) is 6.42 Å². The topological polar surface area (TPSA) is 82.1 Å². The molecule has 0 aliphatic heterocycles. The summed E-state index contributed by atoms with van der Waals surface area (Å²) in [6.07, 6.45) is 0.861. The predicted molar refractivity (Wildman–Crippen MR) is 111 cm³/mol. The van der Waals surface area contributed by atoms with E-state index < -0.39 is 65.1 Å². The van der Waals surface area contributed by atoms with Crippen LogP contribution >= 0.6 is 0 Å². The number of allylic oxidation sites excluding steroid dienone is 1. The first kappa shape index (κ1) is 26.1. The molecule has 6 nitrogen and oxygen atoms in total. The second-order valence-corrected chi connectivity index (χ2v) is 7.82. The molecule has 0 aromatic heterocycles. The van der Waals surface area contributed by atoms with E-state index in [1.54, 1.807) is 0 Å². The van der Waals surface area contributed by atoms with Crippen molar-refractivity contribution in [1.29, 1.82) is 0 Å². The lowest BCUT2D eigenvalue weighted by Crippen LogP contribution is -2.43. The van der Waals surface area contributed by atoms with Crippen molar-refractivity contribution in [2.75, 3.05) is 6.61 Å². The number of aliphatic hydroxyl groups is 1. The van der Waals surface area contributed by atoms with Crippen LogP contribution in [0.1, 0.15) is 31.2 Å². The molecule has 1 aliphatic carbocycles. The molecule has 0 saturated heterocycles. The minimum atomic E-state index is -2.41. The van der Waals surface area contributed by atoms with Crippen LogP contribution in [0.3, 0.4) is 0 Å². The third-order valence-electron chi connectivity index (χ3n) is 5.36. The number of benzene rings is 2. The Kier molecular flexibility index (Phi) is 8.44. The van der Waals surface area contributed by atoms with E-state index in [9.17, 15) is 36.6 Å². The predicted octanol–water partition coefficient (Wildman–Crippen LogP) is 4.91. The van der Waals surface area contributed by atoms with Crippen molar-refractivity contribution in [2.24, 2.45) is 0 Å². The van der Waals surface area contributed by atoms with Crippen LogP contribution in [0.15, 0.2) is 42.5 Å². The van der Waals surface area contributed by atoms with Gasteiger partial charge in [-0.2, -0.15) is 8.78 Å². The molecule has 0 heterocycles. The molecule has 1 N–H and O–H groups in total. The van der Waals surface area contributed by atoms with Crippen molar-refractivity contribution < 1.29 is 50.9 Å². The summed E-state index contributed by atoms with van der Waals surface area (Å²) in [5, 5.41) is 10.7. The smallest absolute Gasteiger partial charge is 0.434 e. The van der Waals surface area contributed by atoms with E-state index in [4.69, 9.17) is 9.47 Å². The molecule has 0 fully saturated rings. The van der Waals surface area contributed by atoms with Gasteiger partial charge in [0.2, 0.25) is 34.8 Å². The number of esters is 1. The fraction of sp³-hybridized carbons (Fsp3) is 0.333. The Labute approximate surface area is 196 Å². The van der Waals surface area contributed by atoms with Gasteiger partial charge >= 0.3 is 12.1 Å². The lowest BCUT2D eigenvalue weighted by atomic mass is 9.88. The lowest BCUT2D eigenvalue weighted by Gasteiger charge is -2.28. The monoisotopic (exact) mass is 500 g/mol. The summed E-state index contributed by atoms with van der Waals surface area (Å²) in [7, 11) is 0. The van der Waals surface area contributed by atoms with Gasteiger partial charge in [-0.1, -0.05) is 36.4 Å². The largest absolute Gasteiger partial charge is 0.508 e. The Hall–Kier alpha value is -3.47. The Morgan fingerprint density at radius 1 is 0.943 bits per heavy atom. The number of hydrogen-bond acceptors (Lipinski definition) is 6. The zero-order valence-corrected chi connectivity index (χ0v) is 18.2. The first-order valence-corrected chi connectivity index (χ1v) is 10.6. The molecule has 2 aromatic rings. The Bertz CT molecular complexity index is 1080. The van der Waals surface area contributed by atoms with E-state index in [1.165, 1.54) is 12.2 Å². The van der Waals surface area contributed by atoms with Crippen LogP contribution in [0.5, 0.6) is 5.75 Å². The molecule has 0 amide bonds. The van der Waals surface area contributed by atoms with Crippen LogP contribution in [0.2, 0.25) is 0 Å². The van der Waals surface area contributed by atoms with Gasteiger partial charge in [-0.3, -0.25) is 0 Å². The first-order chi connectivity index (χ1) is 16.6. The Morgan fingerprint density at radius 2 is 1.57 bits per heavy atom. The van der Waals surface area contributed by atoms with E-state index in [-0.39, 0.29) is 25.9 Å². The normalized spacial score (nSPS) is 20.9. The molecule has 0 radical (unpaired) electrons. The summed E-state index contributed by atoms with van der Waals surface area (Å²) in [4.78, 5) is 24.5. The summed E-state index contributed by atoms with van der Waals surface area (Å²) in [5.74, 6) is -15.1. The van der Waals surface area contributed by atoms with Crippen LogP contribution in [0, 0.1) is 29.1 Å². The standard InChI is InChI=1S/C24H21F5O6/c25-16-17(26)19(28)21(20(29)18(16)27)35-22(30)24(32)11-5-4-8-15(9-12-24)34-23(31)33-13-10-14-6-2-1-3-7-14/h1-4,6-8,15,32H,5,9-13H2/b8-4+/t15-,24-/m1/s1. The van der Waals surface area contributed by atoms with Crippen molar-refractivity contribution >= 4 is 12.1 Å². The minimum absolute atomic E-state index is 0.0530.